The summed E-state index contributed by atoms with van der Waals surface area (Å²) in [5, 5.41) is 15.0. The highest BCUT2D eigenvalue weighted by Gasteiger charge is 2.34. The van der Waals surface area contributed by atoms with Crippen LogP contribution in [0.25, 0.3) is 22.5 Å². The van der Waals surface area contributed by atoms with E-state index in [1.807, 2.05) is 30.5 Å². The molecule has 1 amide bonds. The molecule has 0 radical (unpaired) electrons. The molecule has 1 aromatic carbocycles. The fourth-order valence-electron chi connectivity index (χ4n) is 4.75. The molecule has 138 valence electrons. The number of amides is 1. The largest absolute Gasteiger partial charge is 0.336 e. The molecule has 2 aromatic heterocycles. The fourth-order valence-corrected chi connectivity index (χ4v) is 4.75. The summed E-state index contributed by atoms with van der Waals surface area (Å²) in [7, 11) is 0. The Bertz CT molecular complexity index is 1020. The van der Waals surface area contributed by atoms with Crippen LogP contribution in [0.15, 0.2) is 36.5 Å². The molecule has 6 nitrogen and oxygen atoms in total. The lowest BCUT2D eigenvalue weighted by atomic mass is 9.78. The first kappa shape index (κ1) is 16.4. The molecule has 2 atom stereocenters. The molecule has 3 aromatic rings. The average Bonchev–Trinajstić information content (AvgIpc) is 3.15. The molecule has 0 N–H and O–H groups in total. The van der Waals surface area contributed by atoms with E-state index in [2.05, 4.69) is 20.2 Å². The van der Waals surface area contributed by atoms with Crippen molar-refractivity contribution in [3.05, 3.63) is 42.4 Å². The molecule has 1 saturated carbocycles. The van der Waals surface area contributed by atoms with Gasteiger partial charge in [0.05, 0.1) is 6.20 Å². The number of nitrogens with zero attached hydrogens (tertiary/aromatic N) is 5. The molecular weight excluding hydrogens is 338 g/mol. The first-order valence-electron chi connectivity index (χ1n) is 9.89. The summed E-state index contributed by atoms with van der Waals surface area (Å²) < 4.78 is 1.70. The summed E-state index contributed by atoms with van der Waals surface area (Å²) >= 11 is 0. The van der Waals surface area contributed by atoms with Crippen LogP contribution >= 0.6 is 0 Å². The number of aromatic nitrogens is 4. The number of rotatable bonds is 2. The third-order valence-corrected chi connectivity index (χ3v) is 6.08. The second-order valence-electron chi connectivity index (χ2n) is 7.64. The quantitative estimate of drug-likeness (QED) is 0.656. The van der Waals surface area contributed by atoms with Crippen molar-refractivity contribution in [3.63, 3.8) is 0 Å². The molecule has 1 saturated heterocycles. The van der Waals surface area contributed by atoms with Crippen molar-refractivity contribution in [2.75, 3.05) is 6.54 Å². The van der Waals surface area contributed by atoms with Crippen LogP contribution in [0, 0.1) is 5.92 Å². The van der Waals surface area contributed by atoms with Gasteiger partial charge in [-0.2, -0.15) is 9.61 Å². The van der Waals surface area contributed by atoms with E-state index in [-0.39, 0.29) is 5.91 Å². The Kier molecular flexibility index (Phi) is 4.11. The first-order valence-corrected chi connectivity index (χ1v) is 9.89. The van der Waals surface area contributed by atoms with E-state index in [4.69, 9.17) is 0 Å². The summed E-state index contributed by atoms with van der Waals surface area (Å²) in [6.07, 6.45) is 12.5. The van der Waals surface area contributed by atoms with Crippen LogP contribution in [-0.4, -0.2) is 43.2 Å². The molecular formula is C21H23N5O. The predicted octanol–water partition coefficient (Wildman–Crippen LogP) is 3.47. The lowest BCUT2D eigenvalue weighted by Crippen LogP contribution is -2.49. The van der Waals surface area contributed by atoms with Crippen LogP contribution in [0.1, 0.15) is 44.3 Å². The number of benzene rings is 1. The highest BCUT2D eigenvalue weighted by molar-refractivity contribution is 5.94. The normalized spacial score (nSPS) is 23.2. The monoisotopic (exact) mass is 361 g/mol. The van der Waals surface area contributed by atoms with Crippen LogP contribution in [0.5, 0.6) is 0 Å². The van der Waals surface area contributed by atoms with Gasteiger partial charge in [0.15, 0.2) is 11.5 Å². The van der Waals surface area contributed by atoms with Gasteiger partial charge in [0.2, 0.25) is 5.91 Å². The second-order valence-corrected chi connectivity index (χ2v) is 7.64. The Balaban J connectivity index is 1.42. The van der Waals surface area contributed by atoms with Crippen molar-refractivity contribution in [1.82, 2.24) is 24.7 Å². The van der Waals surface area contributed by atoms with Gasteiger partial charge in [-0.05, 0) is 37.7 Å². The van der Waals surface area contributed by atoms with Gasteiger partial charge in [0.1, 0.15) is 0 Å². The molecule has 3 heterocycles. The molecule has 27 heavy (non-hydrogen) atoms. The van der Waals surface area contributed by atoms with Gasteiger partial charge in [-0.3, -0.25) is 4.79 Å². The lowest BCUT2D eigenvalue weighted by Gasteiger charge is -2.43. The smallest absolute Gasteiger partial charge is 0.246 e. The number of carbonyl (C=O) groups is 1. The molecule has 2 aliphatic rings. The molecule has 0 unspecified atom stereocenters. The van der Waals surface area contributed by atoms with Gasteiger partial charge < -0.3 is 4.90 Å². The minimum absolute atomic E-state index is 0.0872. The van der Waals surface area contributed by atoms with Crippen molar-refractivity contribution < 1.29 is 4.79 Å². The van der Waals surface area contributed by atoms with Crippen LogP contribution in [0.3, 0.4) is 0 Å². The van der Waals surface area contributed by atoms with E-state index in [1.165, 1.54) is 25.7 Å². The number of piperidine rings is 1. The van der Waals surface area contributed by atoms with Crippen LogP contribution < -0.4 is 0 Å². The van der Waals surface area contributed by atoms with Gasteiger partial charge >= 0.3 is 0 Å². The standard InChI is InChI=1S/C21H23N5O/c27-20(25-13-5-8-15-6-2-4-10-18(15)25)12-11-19-23-24-21-17-9-3-1-7-16(17)14-22-26(19)21/h1,3,7,9,11-12,14-15,18H,2,4-6,8,10,13H2/b12-11+/t15-,18-/m0/s1. The predicted molar refractivity (Wildman–Crippen MR) is 104 cm³/mol. The lowest BCUT2D eigenvalue weighted by molar-refractivity contribution is -0.132. The number of fused-ring (bicyclic) bond motifs is 4. The maximum absolute atomic E-state index is 12.9. The van der Waals surface area contributed by atoms with Gasteiger partial charge in [-0.1, -0.05) is 37.1 Å². The summed E-state index contributed by atoms with van der Waals surface area (Å²) in [6.45, 7) is 0.869. The average molecular weight is 361 g/mol. The molecule has 6 heteroatoms. The van der Waals surface area contributed by atoms with Gasteiger partial charge in [-0.25, -0.2) is 0 Å². The van der Waals surface area contributed by atoms with Gasteiger partial charge in [0.25, 0.3) is 0 Å². The van der Waals surface area contributed by atoms with Crippen molar-refractivity contribution in [2.24, 2.45) is 5.92 Å². The minimum atomic E-state index is 0.0872. The van der Waals surface area contributed by atoms with Gasteiger partial charge in [0, 0.05) is 29.4 Å². The number of likely N-dealkylation sites (tertiary alicyclic amines) is 1. The first-order chi connectivity index (χ1) is 13.3. The van der Waals surface area contributed by atoms with Crippen molar-refractivity contribution in [1.29, 1.82) is 0 Å². The van der Waals surface area contributed by atoms with Crippen LogP contribution in [0.2, 0.25) is 0 Å². The Hall–Kier alpha value is -2.76. The number of carbonyl (C=O) groups excluding carboxylic acids is 1. The Labute approximate surface area is 157 Å². The van der Waals surface area contributed by atoms with Gasteiger partial charge in [-0.15, -0.1) is 10.2 Å². The fraction of sp³-hybridized carbons (Fsp3) is 0.429. The Morgan fingerprint density at radius 3 is 2.89 bits per heavy atom. The highest BCUT2D eigenvalue weighted by Crippen LogP contribution is 2.35. The zero-order chi connectivity index (χ0) is 18.2. The molecule has 0 spiro atoms. The Morgan fingerprint density at radius 2 is 1.93 bits per heavy atom. The van der Waals surface area contributed by atoms with Crippen molar-refractivity contribution in [2.45, 2.75) is 44.6 Å². The molecule has 2 fully saturated rings. The zero-order valence-corrected chi connectivity index (χ0v) is 15.3. The molecule has 5 rings (SSSR count). The third-order valence-electron chi connectivity index (χ3n) is 6.08. The maximum Gasteiger partial charge on any atom is 0.246 e. The van der Waals surface area contributed by atoms with Crippen LogP contribution in [-0.2, 0) is 4.79 Å². The van der Waals surface area contributed by atoms with E-state index in [0.717, 1.165) is 30.2 Å². The Morgan fingerprint density at radius 1 is 1.07 bits per heavy atom. The summed E-state index contributed by atoms with van der Waals surface area (Å²) in [5.41, 5.74) is 0.713. The van der Waals surface area contributed by atoms with Crippen molar-refractivity contribution in [3.8, 4) is 0 Å². The summed E-state index contributed by atoms with van der Waals surface area (Å²) in [5.74, 6) is 1.36. The van der Waals surface area contributed by atoms with E-state index < -0.39 is 0 Å². The highest BCUT2D eigenvalue weighted by atomic mass is 16.2. The topological polar surface area (TPSA) is 63.4 Å². The van der Waals surface area contributed by atoms with E-state index in [1.54, 1.807) is 16.7 Å². The maximum atomic E-state index is 12.9. The number of hydrogen-bond donors (Lipinski definition) is 0. The third kappa shape index (κ3) is 2.89. The zero-order valence-electron chi connectivity index (χ0n) is 15.3. The molecule has 0 bridgehead atoms. The second kappa shape index (κ2) is 6.76. The van der Waals surface area contributed by atoms with Crippen LogP contribution in [0.4, 0.5) is 0 Å². The molecule has 1 aliphatic carbocycles. The SMILES string of the molecule is O=C(/C=C/c1nnc2c3ccccc3cnn12)N1CCC[C@@H]2CCCC[C@@H]21. The van der Waals surface area contributed by atoms with E-state index >= 15 is 0 Å². The molecule has 1 aliphatic heterocycles. The van der Waals surface area contributed by atoms with Crippen molar-refractivity contribution >= 4 is 28.4 Å². The summed E-state index contributed by atoms with van der Waals surface area (Å²) in [6, 6.07) is 8.39. The number of hydrogen-bond acceptors (Lipinski definition) is 4. The summed E-state index contributed by atoms with van der Waals surface area (Å²) in [4.78, 5) is 14.9. The minimum Gasteiger partial charge on any atom is -0.336 e. The van der Waals surface area contributed by atoms with E-state index in [9.17, 15) is 4.79 Å². The van der Waals surface area contributed by atoms with E-state index in [0.29, 0.717) is 23.4 Å².